The first-order valence-electron chi connectivity index (χ1n) is 15.0. The largest absolute Gasteiger partial charge is 0.508 e. The highest BCUT2D eigenvalue weighted by Gasteiger charge is 2.35. The van der Waals surface area contributed by atoms with Crippen molar-refractivity contribution in [2.45, 2.75) is 63.7 Å². The Morgan fingerprint density at radius 2 is 1.95 bits per heavy atom. The molecule has 44 heavy (non-hydrogen) atoms. The zero-order valence-electron chi connectivity index (χ0n) is 24.7. The number of benzene rings is 2. The number of halogens is 3. The minimum absolute atomic E-state index is 0.0714. The van der Waals surface area contributed by atoms with Gasteiger partial charge in [0, 0.05) is 30.9 Å². The van der Waals surface area contributed by atoms with Gasteiger partial charge in [-0.15, -0.1) is 0 Å². The number of nitrogens with zero attached hydrogens (tertiary/aromatic N) is 5. The highest BCUT2D eigenvalue weighted by Crippen LogP contribution is 2.39. The highest BCUT2D eigenvalue weighted by atomic mass is 19.1. The van der Waals surface area contributed by atoms with E-state index in [1.807, 2.05) is 0 Å². The molecular weight excluding hydrogens is 573 g/mol. The van der Waals surface area contributed by atoms with Gasteiger partial charge < -0.3 is 20.5 Å². The second kappa shape index (κ2) is 12.1. The van der Waals surface area contributed by atoms with E-state index in [0.717, 1.165) is 19.4 Å². The van der Waals surface area contributed by atoms with Crippen molar-refractivity contribution in [3.05, 3.63) is 47.7 Å². The van der Waals surface area contributed by atoms with Gasteiger partial charge in [0.25, 0.3) is 0 Å². The smallest absolute Gasteiger partial charge is 0.318 e. The van der Waals surface area contributed by atoms with Gasteiger partial charge in [0.1, 0.15) is 40.8 Å². The van der Waals surface area contributed by atoms with E-state index in [2.05, 4.69) is 19.9 Å². The van der Waals surface area contributed by atoms with E-state index in [1.165, 1.54) is 50.4 Å². The van der Waals surface area contributed by atoms with Gasteiger partial charge in [-0.05, 0) is 79.6 Å². The quantitative estimate of drug-likeness (QED) is 0.324. The third-order valence-corrected chi connectivity index (χ3v) is 8.90. The molecule has 2 aromatic carbocycles. The summed E-state index contributed by atoms with van der Waals surface area (Å²) >= 11 is 0. The maximum absolute atomic E-state index is 16.1. The minimum Gasteiger partial charge on any atom is -0.508 e. The molecule has 0 bridgehead atoms. The number of aryl methyl sites for hydroxylation is 1. The molecule has 232 valence electrons. The maximum atomic E-state index is 16.1. The number of methoxy groups -OCH3 is 1. The number of phenolic OH excluding ortho intramolecular Hbond substituents is 1. The van der Waals surface area contributed by atoms with Crippen LogP contribution in [0.4, 0.5) is 19.0 Å². The molecule has 2 aromatic heterocycles. The normalized spacial score (nSPS) is 21.5. The molecule has 0 spiro atoms. The van der Waals surface area contributed by atoms with Gasteiger partial charge in [-0.1, -0.05) is 13.0 Å². The zero-order valence-corrected chi connectivity index (χ0v) is 24.7. The van der Waals surface area contributed by atoms with Crippen LogP contribution in [0.5, 0.6) is 11.8 Å². The van der Waals surface area contributed by atoms with Crippen molar-refractivity contribution in [3.8, 4) is 23.0 Å². The molecular formula is C32H35F3N6O3. The van der Waals surface area contributed by atoms with Crippen molar-refractivity contribution in [2.75, 3.05) is 31.6 Å². The van der Waals surface area contributed by atoms with Gasteiger partial charge in [0.05, 0.1) is 12.5 Å². The van der Waals surface area contributed by atoms with E-state index >= 15 is 4.39 Å². The molecule has 3 saturated heterocycles. The Morgan fingerprint density at radius 1 is 1.16 bits per heavy atom. The molecule has 3 fully saturated rings. The van der Waals surface area contributed by atoms with Crippen LogP contribution in [0.2, 0.25) is 0 Å². The van der Waals surface area contributed by atoms with E-state index in [9.17, 15) is 18.7 Å². The second-order valence-corrected chi connectivity index (χ2v) is 11.6. The van der Waals surface area contributed by atoms with E-state index in [0.29, 0.717) is 54.1 Å². The van der Waals surface area contributed by atoms with Crippen molar-refractivity contribution >= 4 is 33.4 Å². The molecule has 12 heteroatoms. The fourth-order valence-electron chi connectivity index (χ4n) is 6.89. The van der Waals surface area contributed by atoms with Crippen molar-refractivity contribution < 1.29 is 27.8 Å². The van der Waals surface area contributed by atoms with Crippen LogP contribution in [0, 0.1) is 11.6 Å². The topological polar surface area (TPSA) is 118 Å². The number of rotatable bonds is 5. The van der Waals surface area contributed by atoms with Crippen LogP contribution in [-0.2, 0) is 11.2 Å². The number of carbonyl (C=O) groups excluding carboxylic acids is 1. The summed E-state index contributed by atoms with van der Waals surface area (Å²) in [5, 5.41) is 11.6. The fourth-order valence-corrected chi connectivity index (χ4v) is 6.89. The van der Waals surface area contributed by atoms with Gasteiger partial charge in [-0.25, -0.2) is 13.2 Å². The standard InChI is InChI=1S/C25H23F2N5O3.C7H12FN/c1-3-14-17(26)7-6-12-9-13(33)10-15(19(12)14)21-20(27)22-16(11-29-21)24(31-25(30-22)35-2)32-8-4-5-18(32)23(28)34;8-6-4-7-2-1-3-9(7)5-6/h6-7,9-11,18,33H,3-5,8H2,1-2H3,(H2,28,34);6-7H,1-5H2/t18-;6-,7?/m01/s1. The van der Waals surface area contributed by atoms with Crippen LogP contribution in [-0.4, -0.2) is 75.9 Å². The lowest BCUT2D eigenvalue weighted by Gasteiger charge is -2.24. The molecule has 3 aliphatic rings. The lowest BCUT2D eigenvalue weighted by molar-refractivity contribution is -0.119. The Labute approximate surface area is 252 Å². The first-order chi connectivity index (χ1) is 21.2. The number of ether oxygens (including phenoxy) is 1. The van der Waals surface area contributed by atoms with Crippen molar-refractivity contribution in [3.63, 3.8) is 0 Å². The summed E-state index contributed by atoms with van der Waals surface area (Å²) in [5.41, 5.74) is 6.04. The molecule has 3 N–H and O–H groups in total. The maximum Gasteiger partial charge on any atom is 0.318 e. The lowest BCUT2D eigenvalue weighted by Crippen LogP contribution is -2.40. The number of phenols is 1. The number of alkyl halides is 1. The first kappa shape index (κ1) is 29.9. The van der Waals surface area contributed by atoms with E-state index in [1.54, 1.807) is 11.8 Å². The van der Waals surface area contributed by atoms with E-state index < -0.39 is 29.8 Å². The zero-order chi connectivity index (χ0) is 31.1. The van der Waals surface area contributed by atoms with E-state index in [4.69, 9.17) is 10.5 Å². The number of anilines is 1. The van der Waals surface area contributed by atoms with Crippen LogP contribution >= 0.6 is 0 Å². The summed E-state index contributed by atoms with van der Waals surface area (Å²) in [5.74, 6) is -1.51. The number of amides is 1. The van der Waals surface area contributed by atoms with Crippen molar-refractivity contribution in [2.24, 2.45) is 5.73 Å². The number of carbonyl (C=O) groups is 1. The molecule has 5 heterocycles. The van der Waals surface area contributed by atoms with Crippen LogP contribution < -0.4 is 15.4 Å². The molecule has 0 aliphatic carbocycles. The molecule has 1 unspecified atom stereocenters. The number of aromatic hydroxyl groups is 1. The van der Waals surface area contributed by atoms with Crippen LogP contribution in [0.15, 0.2) is 30.5 Å². The average molecular weight is 609 g/mol. The SMILES string of the molecule is CCc1c(F)ccc2cc(O)cc(-c3ncc4c(N5CCC[C@H]5C(N)=O)nc(OC)nc4c3F)c12.F[C@@H]1CC2CCCN2C1. The summed E-state index contributed by atoms with van der Waals surface area (Å²) in [6, 6.07) is 5.65. The summed E-state index contributed by atoms with van der Waals surface area (Å²) in [6.07, 6.45) is 5.86. The van der Waals surface area contributed by atoms with Gasteiger partial charge in [-0.3, -0.25) is 14.7 Å². The summed E-state index contributed by atoms with van der Waals surface area (Å²) in [7, 11) is 1.36. The Kier molecular flexibility index (Phi) is 8.19. The number of hydrogen-bond acceptors (Lipinski definition) is 8. The number of primary amides is 1. The van der Waals surface area contributed by atoms with Crippen LogP contribution in [0.3, 0.4) is 0 Å². The van der Waals surface area contributed by atoms with Gasteiger partial charge in [-0.2, -0.15) is 9.97 Å². The van der Waals surface area contributed by atoms with Gasteiger partial charge in [0.15, 0.2) is 5.82 Å². The van der Waals surface area contributed by atoms with Gasteiger partial charge in [0.2, 0.25) is 5.91 Å². The molecule has 7 rings (SSSR count). The number of hydrogen-bond donors (Lipinski definition) is 2. The second-order valence-electron chi connectivity index (χ2n) is 11.6. The Morgan fingerprint density at radius 3 is 2.68 bits per heavy atom. The van der Waals surface area contributed by atoms with Crippen molar-refractivity contribution in [1.29, 1.82) is 0 Å². The summed E-state index contributed by atoms with van der Waals surface area (Å²) in [6.45, 7) is 4.16. The molecule has 4 aromatic rings. The third kappa shape index (κ3) is 5.36. The monoisotopic (exact) mass is 608 g/mol. The third-order valence-electron chi connectivity index (χ3n) is 8.90. The molecule has 3 aliphatic heterocycles. The fraction of sp³-hybridized carbons (Fsp3) is 0.438. The Balaban J connectivity index is 0.000000323. The molecule has 0 saturated carbocycles. The number of nitrogens with two attached hydrogens (primary N) is 1. The molecule has 1 amide bonds. The highest BCUT2D eigenvalue weighted by molar-refractivity contribution is 6.02. The molecule has 0 radical (unpaired) electrons. The van der Waals surface area contributed by atoms with Crippen molar-refractivity contribution in [1.82, 2.24) is 19.9 Å². The first-order valence-corrected chi connectivity index (χ1v) is 15.0. The molecule has 9 nitrogen and oxygen atoms in total. The summed E-state index contributed by atoms with van der Waals surface area (Å²) < 4.78 is 48.6. The average Bonchev–Trinajstić information content (AvgIpc) is 3.74. The predicted molar refractivity (Wildman–Crippen MR) is 161 cm³/mol. The lowest BCUT2D eigenvalue weighted by atomic mass is 9.94. The number of fused-ring (bicyclic) bond motifs is 3. The van der Waals surface area contributed by atoms with E-state index in [-0.39, 0.29) is 33.9 Å². The Bertz CT molecular complexity index is 1730. The Hall–Kier alpha value is -4.19. The number of aromatic nitrogens is 3. The molecule has 3 atom stereocenters. The van der Waals surface area contributed by atoms with Gasteiger partial charge >= 0.3 is 6.01 Å². The minimum atomic E-state index is -0.780. The van der Waals surface area contributed by atoms with Crippen LogP contribution in [0.25, 0.3) is 32.9 Å². The predicted octanol–water partition coefficient (Wildman–Crippen LogP) is 5.05. The number of pyridine rings is 1. The summed E-state index contributed by atoms with van der Waals surface area (Å²) in [4.78, 5) is 28.9. The van der Waals surface area contributed by atoms with Crippen LogP contribution in [0.1, 0.15) is 44.6 Å².